The first kappa shape index (κ1) is 15.3. The van der Waals surface area contributed by atoms with Crippen LogP contribution >= 0.6 is 11.8 Å². The van der Waals surface area contributed by atoms with Crippen LogP contribution in [0.3, 0.4) is 0 Å². The molecule has 21 heavy (non-hydrogen) atoms. The summed E-state index contributed by atoms with van der Waals surface area (Å²) in [6.07, 6.45) is 0. The molecule has 0 aromatic heterocycles. The average Bonchev–Trinajstić information content (AvgIpc) is 2.54. The largest absolute Gasteiger partial charge is 0.348 e. The molecule has 0 saturated carbocycles. The van der Waals surface area contributed by atoms with E-state index in [1.807, 2.05) is 48.5 Å². The van der Waals surface area contributed by atoms with Crippen LogP contribution in [0.2, 0.25) is 0 Å². The Hall–Kier alpha value is -2.07. The number of Topliss-reactive ketones (excluding diaryl/α,β-unsaturated/α-hetero) is 1. The summed E-state index contributed by atoms with van der Waals surface area (Å²) in [6.45, 7) is 0.0503. The van der Waals surface area contributed by atoms with Crippen LogP contribution < -0.4 is 5.32 Å². The van der Waals surface area contributed by atoms with Gasteiger partial charge in [-0.15, -0.1) is 11.8 Å². The van der Waals surface area contributed by atoms with Crippen LogP contribution in [0.5, 0.6) is 0 Å². The van der Waals surface area contributed by atoms with Crippen LogP contribution in [0.15, 0.2) is 60.7 Å². The monoisotopic (exact) mass is 299 g/mol. The van der Waals surface area contributed by atoms with Gasteiger partial charge in [-0.05, 0) is 5.56 Å². The summed E-state index contributed by atoms with van der Waals surface area (Å²) in [5, 5.41) is 2.66. The Morgan fingerprint density at radius 1 is 0.905 bits per heavy atom. The van der Waals surface area contributed by atoms with Gasteiger partial charge >= 0.3 is 0 Å². The SMILES string of the molecule is O=C(CSCc1ccccc1)NCC(=O)c1ccccc1. The van der Waals surface area contributed by atoms with Gasteiger partial charge in [0.25, 0.3) is 0 Å². The molecular formula is C17H17NO2S. The molecule has 4 heteroatoms. The number of carbonyl (C=O) groups excluding carboxylic acids is 2. The van der Waals surface area contributed by atoms with Crippen LogP contribution in [0, 0.1) is 0 Å². The van der Waals surface area contributed by atoms with E-state index in [4.69, 9.17) is 0 Å². The quantitative estimate of drug-likeness (QED) is 0.800. The first-order valence-corrected chi connectivity index (χ1v) is 7.88. The number of rotatable bonds is 7. The molecule has 1 amide bonds. The molecule has 0 unspecified atom stereocenters. The highest BCUT2D eigenvalue weighted by atomic mass is 32.2. The number of thioether (sulfide) groups is 1. The lowest BCUT2D eigenvalue weighted by molar-refractivity contribution is -0.118. The van der Waals surface area contributed by atoms with Crippen molar-refractivity contribution in [2.24, 2.45) is 0 Å². The number of nitrogens with one attached hydrogen (secondary N) is 1. The fraction of sp³-hybridized carbons (Fsp3) is 0.176. The molecule has 0 atom stereocenters. The molecule has 0 fully saturated rings. The van der Waals surface area contributed by atoms with E-state index in [-0.39, 0.29) is 18.2 Å². The van der Waals surface area contributed by atoms with E-state index in [9.17, 15) is 9.59 Å². The van der Waals surface area contributed by atoms with Crippen LogP contribution in [0.4, 0.5) is 0 Å². The van der Waals surface area contributed by atoms with Crippen molar-refractivity contribution in [3.63, 3.8) is 0 Å². The summed E-state index contributed by atoms with van der Waals surface area (Å²) < 4.78 is 0. The van der Waals surface area contributed by atoms with Crippen LogP contribution in [-0.4, -0.2) is 24.0 Å². The third-order valence-corrected chi connectivity index (χ3v) is 3.89. The maximum Gasteiger partial charge on any atom is 0.230 e. The molecule has 0 saturated heterocycles. The van der Waals surface area contributed by atoms with Gasteiger partial charge < -0.3 is 5.32 Å². The lowest BCUT2D eigenvalue weighted by Crippen LogP contribution is -2.30. The summed E-state index contributed by atoms with van der Waals surface area (Å²) in [6, 6.07) is 19.0. The standard InChI is InChI=1S/C17H17NO2S/c19-16(15-9-5-2-6-10-15)11-18-17(20)13-21-12-14-7-3-1-4-8-14/h1-10H,11-13H2,(H,18,20). The van der Waals surface area contributed by atoms with Gasteiger partial charge in [-0.3, -0.25) is 9.59 Å². The maximum absolute atomic E-state index is 11.8. The molecule has 0 aliphatic heterocycles. The van der Waals surface area contributed by atoms with Crippen molar-refractivity contribution < 1.29 is 9.59 Å². The molecule has 108 valence electrons. The Labute approximate surface area is 128 Å². The highest BCUT2D eigenvalue weighted by Gasteiger charge is 2.07. The van der Waals surface area contributed by atoms with Gasteiger partial charge in [-0.25, -0.2) is 0 Å². The topological polar surface area (TPSA) is 46.2 Å². The second kappa shape index (κ2) is 8.27. The zero-order chi connectivity index (χ0) is 14.9. The van der Waals surface area contributed by atoms with E-state index in [1.54, 1.807) is 12.1 Å². The Balaban J connectivity index is 1.67. The Kier molecular flexibility index (Phi) is 6.03. The number of hydrogen-bond donors (Lipinski definition) is 1. The number of hydrogen-bond acceptors (Lipinski definition) is 3. The van der Waals surface area contributed by atoms with Gasteiger partial charge in [-0.2, -0.15) is 0 Å². The number of ketones is 1. The molecule has 3 nitrogen and oxygen atoms in total. The van der Waals surface area contributed by atoms with Crippen molar-refractivity contribution >= 4 is 23.5 Å². The fourth-order valence-electron chi connectivity index (χ4n) is 1.79. The molecule has 0 aliphatic carbocycles. The molecule has 0 bridgehead atoms. The third-order valence-electron chi connectivity index (χ3n) is 2.89. The number of carbonyl (C=O) groups is 2. The zero-order valence-corrected chi connectivity index (χ0v) is 12.4. The van der Waals surface area contributed by atoms with Crippen molar-refractivity contribution in [2.45, 2.75) is 5.75 Å². The lowest BCUT2D eigenvalue weighted by Gasteiger charge is -2.05. The van der Waals surface area contributed by atoms with Crippen LogP contribution in [-0.2, 0) is 10.5 Å². The predicted octanol–water partition coefficient (Wildman–Crippen LogP) is 2.92. The summed E-state index contributed by atoms with van der Waals surface area (Å²) >= 11 is 1.54. The van der Waals surface area contributed by atoms with Gasteiger partial charge in [-0.1, -0.05) is 60.7 Å². The van der Waals surface area contributed by atoms with E-state index >= 15 is 0 Å². The zero-order valence-electron chi connectivity index (χ0n) is 11.6. The van der Waals surface area contributed by atoms with E-state index in [0.29, 0.717) is 11.3 Å². The molecule has 2 aromatic carbocycles. The van der Waals surface area contributed by atoms with Gasteiger partial charge in [0.1, 0.15) is 0 Å². The number of benzene rings is 2. The molecule has 2 aromatic rings. The Morgan fingerprint density at radius 2 is 1.52 bits per heavy atom. The van der Waals surface area contributed by atoms with E-state index < -0.39 is 0 Å². The smallest absolute Gasteiger partial charge is 0.230 e. The molecule has 0 radical (unpaired) electrons. The fourth-order valence-corrected chi connectivity index (χ4v) is 2.61. The second-order valence-electron chi connectivity index (χ2n) is 4.54. The maximum atomic E-state index is 11.8. The van der Waals surface area contributed by atoms with Gasteiger partial charge in [0.05, 0.1) is 12.3 Å². The number of amides is 1. The molecule has 0 aliphatic rings. The highest BCUT2D eigenvalue weighted by Crippen LogP contribution is 2.11. The van der Waals surface area contributed by atoms with E-state index in [1.165, 1.54) is 17.3 Å². The summed E-state index contributed by atoms with van der Waals surface area (Å²) in [7, 11) is 0. The summed E-state index contributed by atoms with van der Waals surface area (Å²) in [5.74, 6) is 0.968. The molecular weight excluding hydrogens is 282 g/mol. The lowest BCUT2D eigenvalue weighted by atomic mass is 10.1. The Bertz CT molecular complexity index is 584. The highest BCUT2D eigenvalue weighted by molar-refractivity contribution is 7.99. The van der Waals surface area contributed by atoms with Gasteiger partial charge in [0, 0.05) is 11.3 Å². The van der Waals surface area contributed by atoms with Gasteiger partial charge in [0.2, 0.25) is 5.91 Å². The van der Waals surface area contributed by atoms with Crippen LogP contribution in [0.1, 0.15) is 15.9 Å². The molecule has 0 spiro atoms. The second-order valence-corrected chi connectivity index (χ2v) is 5.53. The van der Waals surface area contributed by atoms with Gasteiger partial charge in [0.15, 0.2) is 5.78 Å². The molecule has 2 rings (SSSR count). The van der Waals surface area contributed by atoms with E-state index in [2.05, 4.69) is 5.32 Å². The molecule has 1 N–H and O–H groups in total. The van der Waals surface area contributed by atoms with E-state index in [0.717, 1.165) is 5.75 Å². The van der Waals surface area contributed by atoms with Crippen molar-refractivity contribution in [1.29, 1.82) is 0 Å². The average molecular weight is 299 g/mol. The normalized spacial score (nSPS) is 10.1. The molecule has 0 heterocycles. The first-order chi connectivity index (χ1) is 10.3. The summed E-state index contributed by atoms with van der Waals surface area (Å²) in [4.78, 5) is 23.5. The predicted molar refractivity (Wildman–Crippen MR) is 86.4 cm³/mol. The van der Waals surface area contributed by atoms with Crippen LogP contribution in [0.25, 0.3) is 0 Å². The first-order valence-electron chi connectivity index (χ1n) is 6.72. The minimum Gasteiger partial charge on any atom is -0.348 e. The minimum atomic E-state index is -0.111. The minimum absolute atomic E-state index is 0.0503. The van der Waals surface area contributed by atoms with Crippen molar-refractivity contribution in [2.75, 3.05) is 12.3 Å². The van der Waals surface area contributed by atoms with Crippen molar-refractivity contribution in [3.05, 3.63) is 71.8 Å². The van der Waals surface area contributed by atoms with Crippen molar-refractivity contribution in [1.82, 2.24) is 5.32 Å². The van der Waals surface area contributed by atoms with Crippen molar-refractivity contribution in [3.8, 4) is 0 Å². The Morgan fingerprint density at radius 3 is 2.19 bits per heavy atom. The summed E-state index contributed by atoms with van der Waals surface area (Å²) in [5.41, 5.74) is 1.81. The third kappa shape index (κ3) is 5.44.